The predicted molar refractivity (Wildman–Crippen MR) is 240 cm³/mol. The van der Waals surface area contributed by atoms with E-state index in [9.17, 15) is 44.6 Å². The lowest BCUT2D eigenvalue weighted by Crippen LogP contribution is -2.64. The van der Waals surface area contributed by atoms with Crippen LogP contribution in [0.5, 0.6) is 0 Å². The maximum Gasteiger partial charge on any atom is 0.472 e. The number of phosphoric acid groups is 1. The van der Waals surface area contributed by atoms with Crippen LogP contribution in [-0.4, -0.2) is 98.3 Å². The Balaban J connectivity index is 2.45. The first-order valence-electron chi connectivity index (χ1n) is 23.8. The summed E-state index contributed by atoms with van der Waals surface area (Å²) in [5, 5.41) is 50.2. The van der Waals surface area contributed by atoms with E-state index < -0.39 is 75.7 Å². The highest BCUT2D eigenvalue weighted by Crippen LogP contribution is 2.47. The van der Waals surface area contributed by atoms with Gasteiger partial charge in [0, 0.05) is 12.8 Å². The van der Waals surface area contributed by atoms with Gasteiger partial charge in [-0.15, -0.1) is 0 Å². The number of aliphatic hydroxyl groups excluding tert-OH is 5. The Labute approximate surface area is 368 Å². The number of aliphatic hydroxyl groups is 5. The summed E-state index contributed by atoms with van der Waals surface area (Å²) in [6.45, 7) is 3.26. The van der Waals surface area contributed by atoms with Crippen LogP contribution in [0.1, 0.15) is 194 Å². The highest BCUT2D eigenvalue weighted by atomic mass is 31.2. The van der Waals surface area contributed by atoms with Crippen LogP contribution in [-0.2, 0) is 32.7 Å². The van der Waals surface area contributed by atoms with Crippen molar-refractivity contribution in [3.05, 3.63) is 36.5 Å². The predicted octanol–water partition coefficient (Wildman–Crippen LogP) is 9.39. The van der Waals surface area contributed by atoms with Gasteiger partial charge in [-0.3, -0.25) is 18.6 Å². The first-order chi connectivity index (χ1) is 29.4. The van der Waals surface area contributed by atoms with Gasteiger partial charge in [0.2, 0.25) is 0 Å². The van der Waals surface area contributed by atoms with Gasteiger partial charge in [0.1, 0.15) is 43.2 Å². The summed E-state index contributed by atoms with van der Waals surface area (Å²) in [7, 11) is -5.12. The lowest BCUT2D eigenvalue weighted by atomic mass is 9.85. The standard InChI is InChI=1S/C47H85O13P/c1-3-5-7-9-11-13-15-17-19-20-22-23-25-27-29-31-33-35-40(48)57-37-39(38-58-61(55,56)60-47-45(53)43(51)42(50)44(52)46(47)54)59-41(49)36-34-32-30-28-26-24-21-18-16-14-12-10-8-6-4-2/h11,13,17-19,21,39,42-47,50-54H,3-10,12,14-16,20,22-38H2,1-2H3,(H,55,56)/b13-11-,19-17-,21-18-/t39-,42?,43-,44?,45?,46?,47?/m1/s1. The third-order valence-corrected chi connectivity index (χ3v) is 11.9. The molecule has 8 atom stereocenters. The molecule has 0 heterocycles. The maximum absolute atomic E-state index is 12.8. The second kappa shape index (κ2) is 37.4. The van der Waals surface area contributed by atoms with Crippen LogP contribution in [0.15, 0.2) is 36.5 Å². The highest BCUT2D eigenvalue weighted by Gasteiger charge is 2.51. The molecule has 6 N–H and O–H groups in total. The van der Waals surface area contributed by atoms with Gasteiger partial charge in [-0.25, -0.2) is 4.57 Å². The molecular formula is C47H85O13P. The van der Waals surface area contributed by atoms with E-state index in [0.717, 1.165) is 83.5 Å². The fraction of sp³-hybridized carbons (Fsp3) is 0.830. The van der Waals surface area contributed by atoms with E-state index in [2.05, 4.69) is 50.3 Å². The minimum Gasteiger partial charge on any atom is -0.462 e. The van der Waals surface area contributed by atoms with Crippen molar-refractivity contribution in [2.24, 2.45) is 0 Å². The molecule has 0 aromatic carbocycles. The summed E-state index contributed by atoms with van der Waals surface area (Å²) in [5.74, 6) is -1.12. The largest absolute Gasteiger partial charge is 0.472 e. The molecule has 356 valence electrons. The monoisotopic (exact) mass is 889 g/mol. The number of carbonyl (C=O) groups is 2. The van der Waals surface area contributed by atoms with Crippen molar-refractivity contribution in [3.63, 3.8) is 0 Å². The van der Waals surface area contributed by atoms with Gasteiger partial charge >= 0.3 is 19.8 Å². The van der Waals surface area contributed by atoms with Gasteiger partial charge in [0.15, 0.2) is 6.10 Å². The van der Waals surface area contributed by atoms with Crippen molar-refractivity contribution in [2.45, 2.75) is 236 Å². The molecule has 1 aliphatic rings. The summed E-state index contributed by atoms with van der Waals surface area (Å²) in [6, 6.07) is 0. The van der Waals surface area contributed by atoms with Crippen LogP contribution >= 0.6 is 7.82 Å². The summed E-state index contributed by atoms with van der Waals surface area (Å²) >= 11 is 0. The van der Waals surface area contributed by atoms with Crippen molar-refractivity contribution in [2.75, 3.05) is 13.2 Å². The van der Waals surface area contributed by atoms with Crippen LogP contribution in [0.25, 0.3) is 0 Å². The number of carbonyl (C=O) groups excluding carboxylic acids is 2. The van der Waals surface area contributed by atoms with Gasteiger partial charge in [-0.05, 0) is 70.6 Å². The second-order valence-corrected chi connectivity index (χ2v) is 18.0. The first kappa shape index (κ1) is 57.1. The van der Waals surface area contributed by atoms with E-state index in [4.69, 9.17) is 18.5 Å². The summed E-state index contributed by atoms with van der Waals surface area (Å²) in [6.07, 6.45) is 29.0. The lowest BCUT2D eigenvalue weighted by Gasteiger charge is -2.41. The molecule has 6 unspecified atom stereocenters. The van der Waals surface area contributed by atoms with E-state index in [0.29, 0.717) is 12.8 Å². The number of unbranched alkanes of at least 4 members (excludes halogenated alkanes) is 21. The number of hydrogen-bond donors (Lipinski definition) is 6. The topological polar surface area (TPSA) is 210 Å². The third kappa shape index (κ3) is 30.0. The number of esters is 2. The number of ether oxygens (including phenoxy) is 2. The number of phosphoric ester groups is 1. The van der Waals surface area contributed by atoms with Gasteiger partial charge in [-0.2, -0.15) is 0 Å². The Bertz CT molecular complexity index is 1210. The quantitative estimate of drug-likeness (QED) is 0.0147. The van der Waals surface area contributed by atoms with E-state index in [-0.39, 0.29) is 12.8 Å². The molecular weight excluding hydrogens is 803 g/mol. The minimum absolute atomic E-state index is 0.0853. The smallest absolute Gasteiger partial charge is 0.462 e. The molecule has 0 radical (unpaired) electrons. The molecule has 61 heavy (non-hydrogen) atoms. The zero-order valence-electron chi connectivity index (χ0n) is 37.7. The van der Waals surface area contributed by atoms with Gasteiger partial charge in [0.05, 0.1) is 6.61 Å². The minimum atomic E-state index is -5.12. The zero-order valence-corrected chi connectivity index (χ0v) is 38.6. The molecule has 0 bridgehead atoms. The van der Waals surface area contributed by atoms with Crippen molar-refractivity contribution in [3.8, 4) is 0 Å². The summed E-state index contributed by atoms with van der Waals surface area (Å²) < 4.78 is 33.5. The lowest BCUT2D eigenvalue weighted by molar-refractivity contribution is -0.220. The molecule has 1 rings (SSSR count). The van der Waals surface area contributed by atoms with Crippen molar-refractivity contribution in [1.29, 1.82) is 0 Å². The van der Waals surface area contributed by atoms with Crippen LogP contribution in [0.4, 0.5) is 0 Å². The van der Waals surface area contributed by atoms with Crippen molar-refractivity contribution in [1.82, 2.24) is 0 Å². The Morgan fingerprint density at radius 1 is 0.508 bits per heavy atom. The SMILES string of the molecule is CCCCC/C=C\C/C=C\CCCCCCCCCC(=O)OC[C@H](COP(=O)(O)OC1C(O)C(O)C(O)[C@@H](O)C1O)OC(=O)CCCCCCC/C=C\CCCCCCCC. The highest BCUT2D eigenvalue weighted by molar-refractivity contribution is 7.47. The van der Waals surface area contributed by atoms with Gasteiger partial charge in [0.25, 0.3) is 0 Å². The Morgan fingerprint density at radius 3 is 1.38 bits per heavy atom. The molecule has 1 saturated carbocycles. The molecule has 0 saturated heterocycles. The molecule has 0 aromatic heterocycles. The molecule has 1 fully saturated rings. The molecule has 0 amide bonds. The van der Waals surface area contributed by atoms with Crippen molar-refractivity contribution >= 4 is 19.8 Å². The summed E-state index contributed by atoms with van der Waals surface area (Å²) in [5.41, 5.74) is 0. The number of allylic oxidation sites excluding steroid dienone is 6. The molecule has 1 aliphatic carbocycles. The van der Waals surface area contributed by atoms with Crippen molar-refractivity contribution < 1.29 is 63.1 Å². The second-order valence-electron chi connectivity index (χ2n) is 16.6. The Morgan fingerprint density at radius 2 is 0.885 bits per heavy atom. The van der Waals surface area contributed by atoms with E-state index in [1.165, 1.54) is 70.6 Å². The normalized spacial score (nSPS) is 22.3. The van der Waals surface area contributed by atoms with Crippen LogP contribution in [0, 0.1) is 0 Å². The molecule has 13 nitrogen and oxygen atoms in total. The average Bonchev–Trinajstić information content (AvgIpc) is 3.24. The zero-order chi connectivity index (χ0) is 45.0. The third-order valence-electron chi connectivity index (χ3n) is 11.0. The molecule has 0 aromatic rings. The van der Waals surface area contributed by atoms with Crippen LogP contribution in [0.2, 0.25) is 0 Å². The van der Waals surface area contributed by atoms with Gasteiger partial charge in [-0.1, -0.05) is 147 Å². The van der Waals surface area contributed by atoms with E-state index in [1.807, 2.05) is 0 Å². The fourth-order valence-electron chi connectivity index (χ4n) is 7.08. The van der Waals surface area contributed by atoms with Crippen LogP contribution in [0.3, 0.4) is 0 Å². The Kier molecular flexibility index (Phi) is 35.0. The Hall–Kier alpha value is -1.93. The van der Waals surface area contributed by atoms with E-state index >= 15 is 0 Å². The van der Waals surface area contributed by atoms with Gasteiger partial charge < -0.3 is 39.9 Å². The molecule has 0 spiro atoms. The van der Waals surface area contributed by atoms with E-state index in [1.54, 1.807) is 0 Å². The molecule has 0 aliphatic heterocycles. The number of hydrogen-bond acceptors (Lipinski definition) is 12. The fourth-order valence-corrected chi connectivity index (χ4v) is 8.05. The average molecular weight is 889 g/mol. The summed E-state index contributed by atoms with van der Waals surface area (Å²) in [4.78, 5) is 35.7. The van der Waals surface area contributed by atoms with Crippen LogP contribution < -0.4 is 0 Å². The maximum atomic E-state index is 12.8. The number of rotatable bonds is 39. The molecule has 14 heteroatoms. The first-order valence-corrected chi connectivity index (χ1v) is 25.3.